The second-order valence-corrected chi connectivity index (χ2v) is 2.87. The zero-order valence-corrected chi connectivity index (χ0v) is 8.19. The Morgan fingerprint density at radius 3 is 2.86 bits per heavy atom. The van der Waals surface area contributed by atoms with E-state index in [4.69, 9.17) is 4.74 Å². The van der Waals surface area contributed by atoms with Crippen LogP contribution in [0.25, 0.3) is 0 Å². The number of ether oxygens (including phenoxy) is 1. The van der Waals surface area contributed by atoms with Gasteiger partial charge in [-0.05, 0) is 24.7 Å². The zero-order valence-electron chi connectivity index (χ0n) is 8.19. The summed E-state index contributed by atoms with van der Waals surface area (Å²) in [5, 5.41) is 2.89. The summed E-state index contributed by atoms with van der Waals surface area (Å²) in [7, 11) is 1.80. The van der Waals surface area contributed by atoms with Crippen molar-refractivity contribution in [1.82, 2.24) is 10.3 Å². The summed E-state index contributed by atoms with van der Waals surface area (Å²) in [5.41, 5.74) is 0.956. The predicted octanol–water partition coefficient (Wildman–Crippen LogP) is 0.734. The summed E-state index contributed by atoms with van der Waals surface area (Å²) in [4.78, 5) is 15.0. The van der Waals surface area contributed by atoms with Crippen molar-refractivity contribution >= 4 is 5.97 Å². The molecule has 1 rings (SSSR count). The fraction of sp³-hybridized carbons (Fsp3) is 0.400. The van der Waals surface area contributed by atoms with Crippen molar-refractivity contribution in [1.29, 1.82) is 0 Å². The van der Waals surface area contributed by atoms with E-state index in [1.165, 1.54) is 0 Å². The topological polar surface area (TPSA) is 51.2 Å². The summed E-state index contributed by atoms with van der Waals surface area (Å²) in [5.74, 6) is -0.184. The summed E-state index contributed by atoms with van der Waals surface area (Å²) >= 11 is 0. The van der Waals surface area contributed by atoms with Gasteiger partial charge in [-0.3, -0.25) is 9.78 Å². The first-order chi connectivity index (χ1) is 6.83. The molecule has 0 aliphatic carbocycles. The summed E-state index contributed by atoms with van der Waals surface area (Å²) in [6.45, 7) is 0.972. The highest BCUT2D eigenvalue weighted by Gasteiger charge is 2.01. The average molecular weight is 194 g/mol. The van der Waals surface area contributed by atoms with Crippen molar-refractivity contribution in [2.75, 3.05) is 13.6 Å². The molecule has 0 aliphatic heterocycles. The van der Waals surface area contributed by atoms with Crippen LogP contribution in [0.4, 0.5) is 0 Å². The number of carbonyl (C=O) groups excluding carboxylic acids is 1. The summed E-state index contributed by atoms with van der Waals surface area (Å²) < 4.78 is 5.02. The van der Waals surface area contributed by atoms with Crippen LogP contribution in [0, 0.1) is 0 Å². The summed E-state index contributed by atoms with van der Waals surface area (Å²) in [6, 6.07) is 3.65. The zero-order chi connectivity index (χ0) is 10.2. The highest BCUT2D eigenvalue weighted by Crippen LogP contribution is 1.99. The highest BCUT2D eigenvalue weighted by atomic mass is 16.5. The minimum atomic E-state index is -0.184. The van der Waals surface area contributed by atoms with Gasteiger partial charge < -0.3 is 10.1 Å². The molecule has 1 heterocycles. The van der Waals surface area contributed by atoms with Gasteiger partial charge >= 0.3 is 5.97 Å². The molecule has 14 heavy (non-hydrogen) atoms. The van der Waals surface area contributed by atoms with Crippen LogP contribution in [0.15, 0.2) is 24.5 Å². The van der Waals surface area contributed by atoms with E-state index in [0.717, 1.165) is 5.56 Å². The monoisotopic (exact) mass is 194 g/mol. The maximum absolute atomic E-state index is 11.1. The fourth-order valence-corrected chi connectivity index (χ4v) is 0.942. The van der Waals surface area contributed by atoms with Gasteiger partial charge in [0.1, 0.15) is 6.61 Å². The molecule has 0 saturated heterocycles. The van der Waals surface area contributed by atoms with Gasteiger partial charge in [-0.1, -0.05) is 0 Å². The molecule has 1 N–H and O–H groups in total. The fourth-order valence-electron chi connectivity index (χ4n) is 0.942. The van der Waals surface area contributed by atoms with E-state index in [0.29, 0.717) is 19.6 Å². The first-order valence-corrected chi connectivity index (χ1v) is 4.52. The van der Waals surface area contributed by atoms with E-state index in [2.05, 4.69) is 10.3 Å². The number of carbonyl (C=O) groups is 1. The average Bonchev–Trinajstić information content (AvgIpc) is 2.25. The molecule has 76 valence electrons. The molecule has 0 radical (unpaired) electrons. The standard InChI is InChI=1S/C10H14N2O2/c1-11-5-4-10(13)14-8-9-2-6-12-7-3-9/h2-3,6-7,11H,4-5,8H2,1H3. The number of hydrogen-bond acceptors (Lipinski definition) is 4. The SMILES string of the molecule is CNCCC(=O)OCc1ccncc1. The van der Waals surface area contributed by atoms with Gasteiger partial charge in [0, 0.05) is 18.9 Å². The van der Waals surface area contributed by atoms with E-state index in [-0.39, 0.29) is 5.97 Å². The van der Waals surface area contributed by atoms with Gasteiger partial charge in [0.2, 0.25) is 0 Å². The molecule has 0 aliphatic rings. The van der Waals surface area contributed by atoms with Crippen molar-refractivity contribution in [3.8, 4) is 0 Å². The van der Waals surface area contributed by atoms with Crippen molar-refractivity contribution < 1.29 is 9.53 Å². The largest absolute Gasteiger partial charge is 0.461 e. The molecular formula is C10H14N2O2. The predicted molar refractivity (Wildman–Crippen MR) is 52.6 cm³/mol. The second kappa shape index (κ2) is 6.10. The maximum Gasteiger partial charge on any atom is 0.307 e. The number of esters is 1. The molecule has 0 saturated carbocycles. The normalized spacial score (nSPS) is 9.79. The molecule has 0 fully saturated rings. The smallest absolute Gasteiger partial charge is 0.307 e. The number of pyridine rings is 1. The van der Waals surface area contributed by atoms with E-state index < -0.39 is 0 Å². The lowest BCUT2D eigenvalue weighted by molar-refractivity contribution is -0.144. The van der Waals surface area contributed by atoms with E-state index in [1.807, 2.05) is 12.1 Å². The van der Waals surface area contributed by atoms with Crippen LogP contribution in [0.3, 0.4) is 0 Å². The number of nitrogens with zero attached hydrogens (tertiary/aromatic N) is 1. The van der Waals surface area contributed by atoms with Gasteiger partial charge in [-0.15, -0.1) is 0 Å². The third-order valence-electron chi connectivity index (χ3n) is 1.73. The molecule has 4 nitrogen and oxygen atoms in total. The molecule has 0 bridgehead atoms. The molecule has 4 heteroatoms. The van der Waals surface area contributed by atoms with Gasteiger partial charge in [-0.2, -0.15) is 0 Å². The lowest BCUT2D eigenvalue weighted by Gasteiger charge is -2.03. The van der Waals surface area contributed by atoms with Crippen molar-refractivity contribution in [3.05, 3.63) is 30.1 Å². The molecule has 0 spiro atoms. The lowest BCUT2D eigenvalue weighted by atomic mass is 10.3. The Bertz CT molecular complexity index is 275. The first-order valence-electron chi connectivity index (χ1n) is 4.52. The maximum atomic E-state index is 11.1. The van der Waals surface area contributed by atoms with Crippen LogP contribution in [-0.4, -0.2) is 24.5 Å². The van der Waals surface area contributed by atoms with E-state index >= 15 is 0 Å². The molecule has 0 aromatic carbocycles. The molecule has 0 unspecified atom stereocenters. The van der Waals surface area contributed by atoms with Gasteiger partial charge in [0.15, 0.2) is 0 Å². The van der Waals surface area contributed by atoms with Crippen LogP contribution in [0.2, 0.25) is 0 Å². The number of nitrogens with one attached hydrogen (secondary N) is 1. The Morgan fingerprint density at radius 2 is 2.21 bits per heavy atom. The van der Waals surface area contributed by atoms with Crippen molar-refractivity contribution in [2.24, 2.45) is 0 Å². The Kier molecular flexibility index (Phi) is 4.64. The number of aromatic nitrogens is 1. The molecule has 0 atom stereocenters. The van der Waals surface area contributed by atoms with Gasteiger partial charge in [0.25, 0.3) is 0 Å². The van der Waals surface area contributed by atoms with E-state index in [1.54, 1.807) is 19.4 Å². The molecule has 0 amide bonds. The highest BCUT2D eigenvalue weighted by molar-refractivity contribution is 5.69. The molecule has 1 aromatic heterocycles. The van der Waals surface area contributed by atoms with Crippen LogP contribution in [0.5, 0.6) is 0 Å². The minimum absolute atomic E-state index is 0.184. The van der Waals surface area contributed by atoms with Crippen molar-refractivity contribution in [3.63, 3.8) is 0 Å². The Hall–Kier alpha value is -1.42. The quantitative estimate of drug-likeness (QED) is 0.702. The van der Waals surface area contributed by atoms with Crippen LogP contribution in [0.1, 0.15) is 12.0 Å². The third-order valence-corrected chi connectivity index (χ3v) is 1.73. The minimum Gasteiger partial charge on any atom is -0.461 e. The molecule has 1 aromatic rings. The van der Waals surface area contributed by atoms with Gasteiger partial charge in [0.05, 0.1) is 6.42 Å². The summed E-state index contributed by atoms with van der Waals surface area (Å²) in [6.07, 6.45) is 3.76. The van der Waals surface area contributed by atoms with E-state index in [9.17, 15) is 4.79 Å². The van der Waals surface area contributed by atoms with Crippen LogP contribution in [-0.2, 0) is 16.1 Å². The van der Waals surface area contributed by atoms with Crippen LogP contribution < -0.4 is 5.32 Å². The van der Waals surface area contributed by atoms with Crippen molar-refractivity contribution in [2.45, 2.75) is 13.0 Å². The first kappa shape index (κ1) is 10.7. The Morgan fingerprint density at radius 1 is 1.50 bits per heavy atom. The second-order valence-electron chi connectivity index (χ2n) is 2.87. The third kappa shape index (κ3) is 4.00. The Balaban J connectivity index is 2.24. The Labute approximate surface area is 83.3 Å². The lowest BCUT2D eigenvalue weighted by Crippen LogP contribution is -2.14. The number of rotatable bonds is 5. The van der Waals surface area contributed by atoms with Crippen LogP contribution >= 0.6 is 0 Å². The van der Waals surface area contributed by atoms with Gasteiger partial charge in [-0.25, -0.2) is 0 Å². The molecular weight excluding hydrogens is 180 g/mol. The number of hydrogen-bond donors (Lipinski definition) is 1.